The van der Waals surface area contributed by atoms with Crippen LogP contribution in [-0.4, -0.2) is 56.7 Å². The van der Waals surface area contributed by atoms with E-state index < -0.39 is 12.8 Å². The Kier molecular flexibility index (Phi) is 12.0. The van der Waals surface area contributed by atoms with E-state index in [9.17, 15) is 18.0 Å². The number of likely N-dealkylation sites (N-methyl/N-ethyl adjacent to an activating group) is 1. The highest BCUT2D eigenvalue weighted by Crippen LogP contribution is 2.24. The van der Waals surface area contributed by atoms with Gasteiger partial charge in [0.1, 0.15) is 5.75 Å². The van der Waals surface area contributed by atoms with Crippen LogP contribution >= 0.6 is 24.0 Å². The van der Waals surface area contributed by atoms with Crippen LogP contribution in [0.2, 0.25) is 0 Å². The molecule has 0 heterocycles. The number of hydrogen-bond donors (Lipinski definition) is 2. The lowest BCUT2D eigenvalue weighted by Gasteiger charge is -2.17. The average Bonchev–Trinajstić information content (AvgIpc) is 2.59. The molecule has 1 aromatic rings. The lowest BCUT2D eigenvalue weighted by atomic mass is 10.1. The number of nitrogens with zero attached hydrogens (tertiary/aromatic N) is 2. The van der Waals surface area contributed by atoms with Crippen LogP contribution in [0.25, 0.3) is 0 Å². The number of carbonyl (C=O) groups excluding carboxylic acids is 1. The molecule has 2 N–H and O–H groups in total. The number of carbonyl (C=O) groups is 1. The van der Waals surface area contributed by atoms with Crippen molar-refractivity contribution in [2.24, 2.45) is 10.9 Å². The van der Waals surface area contributed by atoms with E-state index in [0.717, 1.165) is 5.56 Å². The third kappa shape index (κ3) is 11.8. The SMILES string of the molecule is Cc1ccc(CN=C(NCC(=O)N(C)C)NCC(C)C)c(OCC(F)(F)F)c1.I. The number of aliphatic imine (C=N–C) groups is 1. The number of rotatable bonds is 8. The van der Waals surface area contributed by atoms with Crippen LogP contribution in [0.1, 0.15) is 25.0 Å². The molecule has 1 rings (SSSR count). The standard InChI is InChI=1S/C19H29F3N4O2.HI/c1-13(2)9-23-18(25-11-17(27)26(4)5)24-10-15-7-6-14(3)8-16(15)28-12-19(20,21)22;/h6-8,13H,9-12H2,1-5H3,(H2,23,24,25);1H. The quantitative estimate of drug-likeness (QED) is 0.308. The molecule has 0 saturated carbocycles. The summed E-state index contributed by atoms with van der Waals surface area (Å²) in [5, 5.41) is 6.06. The molecule has 10 heteroatoms. The molecular formula is C19H30F3IN4O2. The monoisotopic (exact) mass is 530 g/mol. The third-order valence-electron chi connectivity index (χ3n) is 3.61. The van der Waals surface area contributed by atoms with Gasteiger partial charge in [0, 0.05) is 26.2 Å². The van der Waals surface area contributed by atoms with E-state index in [4.69, 9.17) is 4.74 Å². The van der Waals surface area contributed by atoms with Crippen LogP contribution in [0.3, 0.4) is 0 Å². The largest absolute Gasteiger partial charge is 0.484 e. The molecule has 1 amide bonds. The van der Waals surface area contributed by atoms with E-state index in [1.54, 1.807) is 39.2 Å². The minimum atomic E-state index is -4.41. The van der Waals surface area contributed by atoms with Gasteiger partial charge in [0.25, 0.3) is 0 Å². The van der Waals surface area contributed by atoms with Crippen LogP contribution in [0, 0.1) is 12.8 Å². The summed E-state index contributed by atoms with van der Waals surface area (Å²) < 4.78 is 42.4. The molecule has 0 unspecified atom stereocenters. The normalized spacial score (nSPS) is 11.7. The summed E-state index contributed by atoms with van der Waals surface area (Å²) >= 11 is 0. The maximum Gasteiger partial charge on any atom is 0.422 e. The smallest absolute Gasteiger partial charge is 0.422 e. The molecular weight excluding hydrogens is 500 g/mol. The number of ether oxygens (including phenoxy) is 1. The van der Waals surface area contributed by atoms with Crippen molar-refractivity contribution < 1.29 is 22.7 Å². The van der Waals surface area contributed by atoms with Gasteiger partial charge in [-0.1, -0.05) is 26.0 Å². The number of benzene rings is 1. The molecule has 0 aromatic heterocycles. The molecule has 0 aliphatic rings. The zero-order valence-electron chi connectivity index (χ0n) is 17.4. The van der Waals surface area contributed by atoms with Crippen molar-refractivity contribution in [1.82, 2.24) is 15.5 Å². The molecule has 0 atom stereocenters. The Labute approximate surface area is 187 Å². The van der Waals surface area contributed by atoms with Crippen molar-refractivity contribution in [2.75, 3.05) is 33.8 Å². The van der Waals surface area contributed by atoms with E-state index in [-0.39, 0.29) is 48.7 Å². The molecule has 1 aromatic carbocycles. The number of halogens is 4. The average molecular weight is 530 g/mol. The molecule has 166 valence electrons. The predicted octanol–water partition coefficient (Wildman–Crippen LogP) is 3.33. The fourth-order valence-corrected chi connectivity index (χ4v) is 2.04. The summed E-state index contributed by atoms with van der Waals surface area (Å²) in [5.74, 6) is 0.782. The van der Waals surface area contributed by atoms with Crippen LogP contribution in [0.4, 0.5) is 13.2 Å². The van der Waals surface area contributed by atoms with Crippen LogP contribution in [0.5, 0.6) is 5.75 Å². The molecule has 6 nitrogen and oxygen atoms in total. The Bertz CT molecular complexity index is 680. The number of amides is 1. The minimum Gasteiger partial charge on any atom is -0.484 e. The van der Waals surface area contributed by atoms with Crippen molar-refractivity contribution in [3.63, 3.8) is 0 Å². The van der Waals surface area contributed by atoms with Gasteiger partial charge in [-0.25, -0.2) is 4.99 Å². The molecule has 0 aliphatic carbocycles. The minimum absolute atomic E-state index is 0. The summed E-state index contributed by atoms with van der Waals surface area (Å²) in [6.45, 7) is 5.27. The molecule has 0 bridgehead atoms. The Morgan fingerprint density at radius 2 is 1.90 bits per heavy atom. The second-order valence-electron chi connectivity index (χ2n) is 7.10. The summed E-state index contributed by atoms with van der Waals surface area (Å²) in [4.78, 5) is 17.6. The van der Waals surface area contributed by atoms with Gasteiger partial charge in [0.05, 0.1) is 13.1 Å². The Morgan fingerprint density at radius 3 is 2.45 bits per heavy atom. The molecule has 0 saturated heterocycles. The highest BCUT2D eigenvalue weighted by molar-refractivity contribution is 14.0. The molecule has 0 spiro atoms. The number of alkyl halides is 3. The van der Waals surface area contributed by atoms with Crippen molar-refractivity contribution in [2.45, 2.75) is 33.5 Å². The topological polar surface area (TPSA) is 66.0 Å². The van der Waals surface area contributed by atoms with Crippen molar-refractivity contribution >= 4 is 35.8 Å². The maximum atomic E-state index is 12.5. The fraction of sp³-hybridized carbons (Fsp3) is 0.579. The maximum absolute atomic E-state index is 12.5. The van der Waals surface area contributed by atoms with Crippen LogP contribution in [0.15, 0.2) is 23.2 Å². The number of guanidine groups is 1. The lowest BCUT2D eigenvalue weighted by molar-refractivity contribution is -0.153. The predicted molar refractivity (Wildman–Crippen MR) is 119 cm³/mol. The Morgan fingerprint density at radius 1 is 1.24 bits per heavy atom. The zero-order chi connectivity index (χ0) is 21.3. The second-order valence-corrected chi connectivity index (χ2v) is 7.10. The summed E-state index contributed by atoms with van der Waals surface area (Å²) in [6.07, 6.45) is -4.41. The van der Waals surface area contributed by atoms with Crippen LogP contribution in [-0.2, 0) is 11.3 Å². The van der Waals surface area contributed by atoms with Gasteiger partial charge in [-0.05, 0) is 24.5 Å². The summed E-state index contributed by atoms with van der Waals surface area (Å²) in [6, 6.07) is 5.03. The number of hydrogen-bond acceptors (Lipinski definition) is 3. The van der Waals surface area contributed by atoms with E-state index >= 15 is 0 Å². The van der Waals surface area contributed by atoms with Gasteiger partial charge in [-0.15, -0.1) is 24.0 Å². The van der Waals surface area contributed by atoms with Crippen LogP contribution < -0.4 is 15.4 Å². The van der Waals surface area contributed by atoms with E-state index in [0.29, 0.717) is 24.0 Å². The first-order valence-corrected chi connectivity index (χ1v) is 8.99. The highest BCUT2D eigenvalue weighted by Gasteiger charge is 2.28. The van der Waals surface area contributed by atoms with Crippen molar-refractivity contribution in [3.05, 3.63) is 29.3 Å². The summed E-state index contributed by atoms with van der Waals surface area (Å²) in [5.41, 5.74) is 1.32. The van der Waals surface area contributed by atoms with Gasteiger partial charge >= 0.3 is 6.18 Å². The van der Waals surface area contributed by atoms with E-state index in [1.165, 1.54) is 4.90 Å². The number of aryl methyl sites for hydroxylation is 1. The highest BCUT2D eigenvalue weighted by atomic mass is 127. The Balaban J connectivity index is 0.00000784. The first-order valence-electron chi connectivity index (χ1n) is 8.99. The Hall–Kier alpha value is -1.72. The lowest BCUT2D eigenvalue weighted by Crippen LogP contribution is -2.44. The second kappa shape index (κ2) is 12.8. The van der Waals surface area contributed by atoms with E-state index in [2.05, 4.69) is 15.6 Å². The van der Waals surface area contributed by atoms with Gasteiger partial charge < -0.3 is 20.3 Å². The molecule has 0 radical (unpaired) electrons. The fourth-order valence-electron chi connectivity index (χ4n) is 2.04. The van der Waals surface area contributed by atoms with Gasteiger partial charge in [0.2, 0.25) is 5.91 Å². The van der Waals surface area contributed by atoms with Gasteiger partial charge in [-0.2, -0.15) is 13.2 Å². The van der Waals surface area contributed by atoms with Gasteiger partial charge in [0.15, 0.2) is 12.6 Å². The van der Waals surface area contributed by atoms with Crippen molar-refractivity contribution in [3.8, 4) is 5.75 Å². The molecule has 0 aliphatic heterocycles. The molecule has 29 heavy (non-hydrogen) atoms. The number of nitrogens with one attached hydrogen (secondary N) is 2. The van der Waals surface area contributed by atoms with Crippen molar-refractivity contribution in [1.29, 1.82) is 0 Å². The van der Waals surface area contributed by atoms with E-state index in [1.807, 2.05) is 13.8 Å². The first kappa shape index (κ1) is 27.3. The molecule has 0 fully saturated rings. The summed E-state index contributed by atoms with van der Waals surface area (Å²) in [7, 11) is 3.30. The van der Waals surface area contributed by atoms with Gasteiger partial charge in [-0.3, -0.25) is 4.79 Å². The first-order chi connectivity index (χ1) is 13.0. The zero-order valence-corrected chi connectivity index (χ0v) is 19.7. The third-order valence-corrected chi connectivity index (χ3v) is 3.61.